The fourth-order valence-corrected chi connectivity index (χ4v) is 5.97. The van der Waals surface area contributed by atoms with Gasteiger partial charge in [0, 0.05) is 31.7 Å². The van der Waals surface area contributed by atoms with Crippen LogP contribution in [0.15, 0.2) is 54.6 Å². The van der Waals surface area contributed by atoms with Crippen molar-refractivity contribution in [1.29, 1.82) is 0 Å². The number of amides is 1. The predicted molar refractivity (Wildman–Crippen MR) is 142 cm³/mol. The van der Waals surface area contributed by atoms with E-state index in [-0.39, 0.29) is 5.91 Å². The summed E-state index contributed by atoms with van der Waals surface area (Å²) in [6, 6.07) is 19.8. The van der Waals surface area contributed by atoms with Crippen molar-refractivity contribution in [1.82, 2.24) is 9.80 Å². The average molecular weight is 455 g/mol. The maximum Gasteiger partial charge on any atom is 0.254 e. The number of hydrogen-bond acceptors (Lipinski definition) is 2. The second-order valence-electron chi connectivity index (χ2n) is 10.5. The Morgan fingerprint density at radius 1 is 0.941 bits per heavy atom. The van der Waals surface area contributed by atoms with Crippen molar-refractivity contribution in [3.63, 3.8) is 0 Å². The van der Waals surface area contributed by atoms with E-state index in [1.165, 1.54) is 65.4 Å². The van der Waals surface area contributed by atoms with Crippen molar-refractivity contribution in [2.24, 2.45) is 5.92 Å². The van der Waals surface area contributed by atoms with Crippen LogP contribution in [0.4, 0.5) is 0 Å². The predicted octanol–water partition coefficient (Wildman–Crippen LogP) is 6.19. The molecule has 1 amide bonds. The van der Waals surface area contributed by atoms with Gasteiger partial charge in [-0.3, -0.25) is 4.79 Å². The summed E-state index contributed by atoms with van der Waals surface area (Å²) in [6.07, 6.45) is 7.10. The molecule has 2 aliphatic rings. The monoisotopic (exact) mass is 454 g/mol. The maximum absolute atomic E-state index is 13.0. The number of piperidine rings is 1. The molecule has 2 heterocycles. The first-order valence-electron chi connectivity index (χ1n) is 13.2. The molecule has 0 aromatic heterocycles. The minimum absolute atomic E-state index is 0.240. The highest BCUT2D eigenvalue weighted by molar-refractivity contribution is 5.97. The third-order valence-corrected chi connectivity index (χ3v) is 8.11. The molecule has 3 aromatic carbocycles. The first kappa shape index (κ1) is 23.1. The van der Waals surface area contributed by atoms with Gasteiger partial charge in [-0.2, -0.15) is 0 Å². The molecular formula is C31H38N2O. The van der Waals surface area contributed by atoms with Crippen molar-refractivity contribution < 1.29 is 4.79 Å². The number of benzene rings is 3. The van der Waals surface area contributed by atoms with Crippen LogP contribution >= 0.6 is 0 Å². The van der Waals surface area contributed by atoms with E-state index in [1.807, 2.05) is 0 Å². The molecule has 3 nitrogen and oxygen atoms in total. The molecule has 5 rings (SSSR count). The molecule has 0 spiro atoms. The number of aryl methyl sites for hydroxylation is 2. The maximum atomic E-state index is 13.0. The standard InChI is InChI=1S/C31H38N2O/c1-23-20-28-15-19-33(31(34)30(28)21-24(23)2)17-7-9-25-8-6-16-32(22-25)18-14-27-12-5-11-26-10-3-4-13-29(26)27/h3-5,10-13,20-21,25H,6-9,14-19,22H2,1-2H3. The van der Waals surface area contributed by atoms with Gasteiger partial charge in [-0.15, -0.1) is 0 Å². The molecule has 0 N–H and O–H groups in total. The van der Waals surface area contributed by atoms with E-state index in [0.717, 1.165) is 50.4 Å². The van der Waals surface area contributed by atoms with Gasteiger partial charge >= 0.3 is 0 Å². The fourth-order valence-electron chi connectivity index (χ4n) is 5.97. The molecule has 3 aromatic rings. The van der Waals surface area contributed by atoms with E-state index >= 15 is 0 Å². The van der Waals surface area contributed by atoms with E-state index < -0.39 is 0 Å². The Kier molecular flexibility index (Phi) is 7.01. The van der Waals surface area contributed by atoms with Gasteiger partial charge in [0.05, 0.1) is 0 Å². The molecule has 2 aliphatic heterocycles. The van der Waals surface area contributed by atoms with Gasteiger partial charge in [-0.1, -0.05) is 48.5 Å². The molecule has 1 fully saturated rings. The number of hydrogen-bond donors (Lipinski definition) is 0. The highest BCUT2D eigenvalue weighted by Gasteiger charge is 2.25. The molecular weight excluding hydrogens is 416 g/mol. The molecule has 1 saturated heterocycles. The van der Waals surface area contributed by atoms with E-state index in [1.54, 1.807) is 0 Å². The van der Waals surface area contributed by atoms with Crippen LogP contribution in [0.1, 0.15) is 58.3 Å². The van der Waals surface area contributed by atoms with Gasteiger partial charge in [0.15, 0.2) is 0 Å². The molecule has 3 heteroatoms. The van der Waals surface area contributed by atoms with Crippen molar-refractivity contribution in [2.45, 2.75) is 52.4 Å². The average Bonchev–Trinajstić information content (AvgIpc) is 2.86. The number of nitrogens with zero attached hydrogens (tertiary/aromatic N) is 2. The van der Waals surface area contributed by atoms with Gasteiger partial charge < -0.3 is 9.80 Å². The first-order valence-corrected chi connectivity index (χ1v) is 13.2. The lowest BCUT2D eigenvalue weighted by atomic mass is 9.92. The number of carbonyl (C=O) groups is 1. The summed E-state index contributed by atoms with van der Waals surface area (Å²) < 4.78 is 0. The zero-order valence-corrected chi connectivity index (χ0v) is 20.9. The number of likely N-dealkylation sites (tertiary alicyclic amines) is 1. The first-order chi connectivity index (χ1) is 16.6. The van der Waals surface area contributed by atoms with Crippen molar-refractivity contribution in [3.05, 3.63) is 82.4 Å². The van der Waals surface area contributed by atoms with E-state index in [2.05, 4.69) is 78.2 Å². The zero-order valence-electron chi connectivity index (χ0n) is 20.9. The lowest BCUT2D eigenvalue weighted by molar-refractivity contribution is 0.0730. The molecule has 1 atom stereocenters. The number of fused-ring (bicyclic) bond motifs is 2. The molecule has 0 radical (unpaired) electrons. The van der Waals surface area contributed by atoms with Crippen molar-refractivity contribution in [3.8, 4) is 0 Å². The van der Waals surface area contributed by atoms with E-state index in [4.69, 9.17) is 0 Å². The van der Waals surface area contributed by atoms with Gasteiger partial charge in [-0.05, 0) is 104 Å². The highest BCUT2D eigenvalue weighted by Crippen LogP contribution is 2.26. The van der Waals surface area contributed by atoms with Gasteiger partial charge in [-0.25, -0.2) is 0 Å². The van der Waals surface area contributed by atoms with Crippen molar-refractivity contribution >= 4 is 16.7 Å². The summed E-state index contributed by atoms with van der Waals surface area (Å²) in [5.74, 6) is 1.00. The Morgan fingerprint density at radius 2 is 1.76 bits per heavy atom. The topological polar surface area (TPSA) is 23.6 Å². The third kappa shape index (κ3) is 5.05. The number of rotatable bonds is 7. The number of carbonyl (C=O) groups excluding carboxylic acids is 1. The minimum atomic E-state index is 0.240. The van der Waals surface area contributed by atoms with E-state index in [9.17, 15) is 4.79 Å². The summed E-state index contributed by atoms with van der Waals surface area (Å²) in [6.45, 7) is 9.60. The van der Waals surface area contributed by atoms with Crippen LogP contribution in [-0.4, -0.2) is 48.4 Å². The molecule has 34 heavy (non-hydrogen) atoms. The zero-order chi connectivity index (χ0) is 23.5. The summed E-state index contributed by atoms with van der Waals surface area (Å²) in [5, 5.41) is 2.74. The fraction of sp³-hybridized carbons (Fsp3) is 0.452. The van der Waals surface area contributed by atoms with Crippen LogP contribution in [0.5, 0.6) is 0 Å². The third-order valence-electron chi connectivity index (χ3n) is 8.11. The summed E-state index contributed by atoms with van der Waals surface area (Å²) in [7, 11) is 0. The quantitative estimate of drug-likeness (QED) is 0.425. The normalized spacial score (nSPS) is 18.9. The Morgan fingerprint density at radius 3 is 2.68 bits per heavy atom. The lowest BCUT2D eigenvalue weighted by Crippen LogP contribution is -2.39. The van der Waals surface area contributed by atoms with Crippen LogP contribution < -0.4 is 0 Å². The van der Waals surface area contributed by atoms with Gasteiger partial charge in [0.25, 0.3) is 5.91 Å². The van der Waals surface area contributed by atoms with Crippen LogP contribution in [0, 0.1) is 19.8 Å². The largest absolute Gasteiger partial charge is 0.338 e. The molecule has 178 valence electrons. The molecule has 0 bridgehead atoms. The smallest absolute Gasteiger partial charge is 0.254 e. The second-order valence-corrected chi connectivity index (χ2v) is 10.5. The Bertz CT molecular complexity index is 1160. The van der Waals surface area contributed by atoms with Gasteiger partial charge in [0.2, 0.25) is 0 Å². The van der Waals surface area contributed by atoms with Crippen LogP contribution in [0.2, 0.25) is 0 Å². The lowest BCUT2D eigenvalue weighted by Gasteiger charge is -2.34. The second kappa shape index (κ2) is 10.3. The summed E-state index contributed by atoms with van der Waals surface area (Å²) >= 11 is 0. The van der Waals surface area contributed by atoms with Crippen LogP contribution in [0.25, 0.3) is 10.8 Å². The summed E-state index contributed by atoms with van der Waals surface area (Å²) in [4.78, 5) is 17.8. The van der Waals surface area contributed by atoms with Gasteiger partial charge in [0.1, 0.15) is 0 Å². The Hall–Kier alpha value is -2.65. The van der Waals surface area contributed by atoms with E-state index in [0.29, 0.717) is 0 Å². The minimum Gasteiger partial charge on any atom is -0.338 e. The SMILES string of the molecule is Cc1cc2c(cc1C)C(=O)N(CCCC1CCCN(CCc3cccc4ccccc34)C1)CC2. The molecule has 1 unspecified atom stereocenters. The Labute approximate surface area is 204 Å². The Balaban J connectivity index is 1.11. The van der Waals surface area contributed by atoms with Crippen molar-refractivity contribution in [2.75, 3.05) is 32.7 Å². The molecule has 0 aliphatic carbocycles. The molecule has 0 saturated carbocycles. The van der Waals surface area contributed by atoms with Crippen LogP contribution in [0.3, 0.4) is 0 Å². The van der Waals surface area contributed by atoms with Crippen LogP contribution in [-0.2, 0) is 12.8 Å². The summed E-state index contributed by atoms with van der Waals surface area (Å²) in [5.41, 5.74) is 6.15. The highest BCUT2D eigenvalue weighted by atomic mass is 16.2.